The zero-order valence-corrected chi connectivity index (χ0v) is 12.7. The Bertz CT molecular complexity index is 465. The monoisotopic (exact) mass is 349 g/mol. The second-order valence-electron chi connectivity index (χ2n) is 4.51. The number of carbonyl (C=O) groups excluding carboxylic acids is 1. The topological polar surface area (TPSA) is 29.5 Å². The van der Waals surface area contributed by atoms with Gasteiger partial charge in [-0.1, -0.05) is 6.07 Å². The molecule has 0 radical (unpaired) electrons. The molecule has 0 spiro atoms. The lowest BCUT2D eigenvalue weighted by Gasteiger charge is -2.37. The van der Waals surface area contributed by atoms with Crippen LogP contribution in [-0.4, -0.2) is 42.0 Å². The van der Waals surface area contributed by atoms with Gasteiger partial charge in [0, 0.05) is 11.0 Å². The Morgan fingerprint density at radius 2 is 2.37 bits per heavy atom. The van der Waals surface area contributed by atoms with Crippen LogP contribution in [0.1, 0.15) is 17.3 Å². The Kier molecular flexibility index (Phi) is 4.81. The summed E-state index contributed by atoms with van der Waals surface area (Å²) in [6.07, 6.45) is -0.202. The van der Waals surface area contributed by atoms with E-state index >= 15 is 0 Å². The van der Waals surface area contributed by atoms with Gasteiger partial charge in [0.2, 0.25) is 0 Å². The zero-order valence-electron chi connectivity index (χ0n) is 10.4. The van der Waals surface area contributed by atoms with Crippen molar-refractivity contribution in [3.8, 4) is 0 Å². The minimum atomic E-state index is -0.527. The lowest BCUT2D eigenvalue weighted by molar-refractivity contribution is -0.0373. The molecule has 1 aromatic carbocycles. The first kappa shape index (κ1) is 14.8. The second kappa shape index (κ2) is 6.20. The average molecular weight is 351 g/mol. The number of carbonyl (C=O) groups is 1. The smallest absolute Gasteiger partial charge is 0.258 e. The molecule has 2 unspecified atom stereocenters. The molecule has 0 N–H and O–H groups in total. The number of morpholine rings is 1. The van der Waals surface area contributed by atoms with Crippen molar-refractivity contribution in [2.45, 2.75) is 19.1 Å². The van der Waals surface area contributed by atoms with Crippen LogP contribution in [0.5, 0.6) is 0 Å². The van der Waals surface area contributed by atoms with E-state index in [1.807, 2.05) is 6.92 Å². The molecular weight excluding hydrogens is 337 g/mol. The van der Waals surface area contributed by atoms with Crippen LogP contribution in [0.25, 0.3) is 0 Å². The first-order valence-corrected chi connectivity index (χ1v) is 7.30. The van der Waals surface area contributed by atoms with E-state index in [0.717, 1.165) is 0 Å². The summed E-state index contributed by atoms with van der Waals surface area (Å²) in [5.74, 6) is -0.550. The molecule has 19 heavy (non-hydrogen) atoms. The van der Waals surface area contributed by atoms with E-state index in [4.69, 9.17) is 16.3 Å². The molecule has 0 aliphatic carbocycles. The molecule has 3 nitrogen and oxygen atoms in total. The predicted molar refractivity (Wildman–Crippen MR) is 75.1 cm³/mol. The van der Waals surface area contributed by atoms with Crippen molar-refractivity contribution in [2.75, 3.05) is 19.0 Å². The summed E-state index contributed by atoms with van der Waals surface area (Å²) >= 11 is 8.98. The van der Waals surface area contributed by atoms with E-state index in [1.54, 1.807) is 17.0 Å². The van der Waals surface area contributed by atoms with Gasteiger partial charge in [0.1, 0.15) is 5.82 Å². The van der Waals surface area contributed by atoms with E-state index in [1.165, 1.54) is 6.07 Å². The number of nitrogens with zero attached hydrogens (tertiary/aromatic N) is 1. The number of benzene rings is 1. The summed E-state index contributed by atoms with van der Waals surface area (Å²) < 4.78 is 19.8. The molecule has 1 fully saturated rings. The van der Waals surface area contributed by atoms with Gasteiger partial charge in [0.05, 0.1) is 30.2 Å². The summed E-state index contributed by atoms with van der Waals surface area (Å²) in [5, 5.41) is 0. The molecule has 104 valence electrons. The van der Waals surface area contributed by atoms with Crippen LogP contribution in [0, 0.1) is 5.82 Å². The quantitative estimate of drug-likeness (QED) is 0.767. The summed E-state index contributed by atoms with van der Waals surface area (Å²) in [5.41, 5.74) is 0.0598. The Morgan fingerprint density at radius 1 is 1.63 bits per heavy atom. The van der Waals surface area contributed by atoms with Crippen molar-refractivity contribution in [3.63, 3.8) is 0 Å². The van der Waals surface area contributed by atoms with Gasteiger partial charge in [-0.25, -0.2) is 4.39 Å². The molecule has 1 aliphatic heterocycles. The maximum atomic E-state index is 13.8. The molecule has 0 bridgehead atoms. The summed E-state index contributed by atoms with van der Waals surface area (Å²) in [6, 6.07) is 4.39. The van der Waals surface area contributed by atoms with Crippen molar-refractivity contribution in [3.05, 3.63) is 34.1 Å². The summed E-state index contributed by atoms with van der Waals surface area (Å²) in [4.78, 5) is 14.1. The first-order valence-electron chi connectivity index (χ1n) is 5.97. The van der Waals surface area contributed by atoms with E-state index < -0.39 is 5.82 Å². The van der Waals surface area contributed by atoms with Crippen molar-refractivity contribution in [1.29, 1.82) is 0 Å². The van der Waals surface area contributed by atoms with Crippen LogP contribution in [0.2, 0.25) is 0 Å². The minimum absolute atomic E-state index is 0.0598. The Hall–Kier alpha value is -0.650. The van der Waals surface area contributed by atoms with Crippen LogP contribution < -0.4 is 0 Å². The summed E-state index contributed by atoms with van der Waals surface area (Å²) in [6.45, 7) is 2.66. The third kappa shape index (κ3) is 3.09. The lowest BCUT2D eigenvalue weighted by atomic mass is 10.1. The van der Waals surface area contributed by atoms with Gasteiger partial charge in [-0.05, 0) is 35.0 Å². The predicted octanol–water partition coefficient (Wildman–Crippen LogP) is 3.06. The molecule has 0 saturated carbocycles. The highest BCUT2D eigenvalue weighted by molar-refractivity contribution is 9.10. The fourth-order valence-corrected chi connectivity index (χ4v) is 2.74. The Morgan fingerprint density at radius 3 is 3.00 bits per heavy atom. The number of hydrogen-bond donors (Lipinski definition) is 0. The number of amides is 1. The molecule has 1 aliphatic rings. The molecule has 2 rings (SSSR count). The third-order valence-corrected chi connectivity index (χ3v) is 4.12. The van der Waals surface area contributed by atoms with E-state index in [0.29, 0.717) is 23.5 Å². The standard InChI is InChI=1S/C13H14BrClFNO2/c1-8-7-19-9(5-15)6-17(8)13(18)12-10(14)3-2-4-11(12)16/h2-4,8-9H,5-7H2,1H3. The Balaban J connectivity index is 2.27. The maximum absolute atomic E-state index is 13.8. The number of rotatable bonds is 2. The second-order valence-corrected chi connectivity index (χ2v) is 5.68. The maximum Gasteiger partial charge on any atom is 0.258 e. The number of hydrogen-bond acceptors (Lipinski definition) is 2. The highest BCUT2D eigenvalue weighted by Gasteiger charge is 2.31. The van der Waals surface area contributed by atoms with Gasteiger partial charge in [-0.3, -0.25) is 4.79 Å². The third-order valence-electron chi connectivity index (χ3n) is 3.12. The number of ether oxygens (including phenoxy) is 1. The van der Waals surface area contributed by atoms with Gasteiger partial charge in [-0.2, -0.15) is 0 Å². The van der Waals surface area contributed by atoms with Crippen molar-refractivity contribution in [1.82, 2.24) is 4.90 Å². The highest BCUT2D eigenvalue weighted by Crippen LogP contribution is 2.24. The van der Waals surface area contributed by atoms with Gasteiger partial charge in [0.25, 0.3) is 5.91 Å². The van der Waals surface area contributed by atoms with Crippen molar-refractivity contribution >= 4 is 33.4 Å². The molecule has 1 saturated heterocycles. The molecule has 1 aromatic rings. The summed E-state index contributed by atoms with van der Waals surface area (Å²) in [7, 11) is 0. The lowest BCUT2D eigenvalue weighted by Crippen LogP contribution is -2.51. The van der Waals surface area contributed by atoms with Crippen molar-refractivity contribution in [2.24, 2.45) is 0 Å². The fraction of sp³-hybridized carbons (Fsp3) is 0.462. The molecule has 1 amide bonds. The van der Waals surface area contributed by atoms with Crippen LogP contribution >= 0.6 is 27.5 Å². The first-order chi connectivity index (χ1) is 9.04. The zero-order chi connectivity index (χ0) is 14.0. The van der Waals surface area contributed by atoms with E-state index in [9.17, 15) is 9.18 Å². The fourth-order valence-electron chi connectivity index (χ4n) is 2.04. The Labute approximate surface area is 124 Å². The van der Waals surface area contributed by atoms with E-state index in [2.05, 4.69) is 15.9 Å². The molecule has 2 atom stereocenters. The van der Waals surface area contributed by atoms with Crippen LogP contribution in [0.15, 0.2) is 22.7 Å². The SMILES string of the molecule is CC1COC(CCl)CN1C(=O)c1c(F)cccc1Br. The van der Waals surface area contributed by atoms with Gasteiger partial charge in [-0.15, -0.1) is 11.6 Å². The van der Waals surface area contributed by atoms with Gasteiger partial charge >= 0.3 is 0 Å². The average Bonchev–Trinajstić information content (AvgIpc) is 2.39. The van der Waals surface area contributed by atoms with Crippen molar-refractivity contribution < 1.29 is 13.9 Å². The van der Waals surface area contributed by atoms with Crippen LogP contribution in [0.4, 0.5) is 4.39 Å². The molecular formula is C13H14BrClFNO2. The van der Waals surface area contributed by atoms with Crippen LogP contribution in [-0.2, 0) is 4.74 Å². The normalized spacial score (nSPS) is 23.5. The van der Waals surface area contributed by atoms with Crippen LogP contribution in [0.3, 0.4) is 0 Å². The number of halogens is 3. The van der Waals surface area contributed by atoms with Gasteiger partial charge in [0.15, 0.2) is 0 Å². The minimum Gasteiger partial charge on any atom is -0.373 e. The van der Waals surface area contributed by atoms with Gasteiger partial charge < -0.3 is 9.64 Å². The largest absolute Gasteiger partial charge is 0.373 e. The number of alkyl halides is 1. The molecule has 1 heterocycles. The molecule has 0 aromatic heterocycles. The van der Waals surface area contributed by atoms with E-state index in [-0.39, 0.29) is 23.6 Å². The highest BCUT2D eigenvalue weighted by atomic mass is 79.9. The molecule has 6 heteroatoms.